The van der Waals surface area contributed by atoms with Gasteiger partial charge < -0.3 is 14.2 Å². The summed E-state index contributed by atoms with van der Waals surface area (Å²) >= 11 is 0. The van der Waals surface area contributed by atoms with Gasteiger partial charge in [-0.1, -0.05) is 0 Å². The molecule has 0 aromatic carbocycles. The van der Waals surface area contributed by atoms with Crippen molar-refractivity contribution in [2.24, 2.45) is 7.05 Å². The Kier molecular flexibility index (Phi) is 4.33. The molecule has 9 heteroatoms. The molecule has 2 aromatic heterocycles. The van der Waals surface area contributed by atoms with Gasteiger partial charge in [-0.25, -0.2) is 9.97 Å². The fraction of sp³-hybridized carbons (Fsp3) is 0.533. The van der Waals surface area contributed by atoms with Gasteiger partial charge in [-0.3, -0.25) is 0 Å². The molecule has 2 aromatic rings. The molecule has 0 bridgehead atoms. The predicted octanol–water partition coefficient (Wildman–Crippen LogP) is 2.62. The highest BCUT2D eigenvalue weighted by molar-refractivity contribution is 5.34. The third-order valence-corrected chi connectivity index (χ3v) is 4.10. The number of aromatic nitrogens is 4. The first kappa shape index (κ1) is 16.5. The van der Waals surface area contributed by atoms with Gasteiger partial charge in [0.2, 0.25) is 11.8 Å². The van der Waals surface area contributed by atoms with Gasteiger partial charge in [0.05, 0.1) is 7.11 Å². The maximum atomic E-state index is 12.9. The number of alkyl halides is 3. The first-order valence-corrected chi connectivity index (χ1v) is 7.61. The zero-order chi connectivity index (χ0) is 17.3. The minimum Gasteiger partial charge on any atom is -0.481 e. The van der Waals surface area contributed by atoms with Crippen LogP contribution in [0.25, 0.3) is 0 Å². The smallest absolute Gasteiger partial charge is 0.434 e. The highest BCUT2D eigenvalue weighted by Crippen LogP contribution is 2.32. The third kappa shape index (κ3) is 3.29. The van der Waals surface area contributed by atoms with E-state index in [2.05, 4.69) is 15.0 Å². The number of hydrogen-bond donors (Lipinski definition) is 0. The van der Waals surface area contributed by atoms with Crippen molar-refractivity contribution in [2.45, 2.75) is 24.9 Å². The third-order valence-electron chi connectivity index (χ3n) is 4.10. The van der Waals surface area contributed by atoms with Crippen molar-refractivity contribution in [1.29, 1.82) is 0 Å². The molecule has 0 aliphatic carbocycles. The monoisotopic (exact) mass is 341 g/mol. The number of hydrogen-bond acceptors (Lipinski definition) is 5. The molecular formula is C15H18F3N5O. The minimum atomic E-state index is -4.43. The highest BCUT2D eigenvalue weighted by Gasteiger charge is 2.36. The molecule has 6 nitrogen and oxygen atoms in total. The molecule has 1 aliphatic rings. The lowest BCUT2D eigenvalue weighted by Gasteiger charge is -2.32. The van der Waals surface area contributed by atoms with E-state index >= 15 is 0 Å². The summed E-state index contributed by atoms with van der Waals surface area (Å²) in [5, 5.41) is 0. The van der Waals surface area contributed by atoms with E-state index in [0.717, 1.165) is 25.6 Å². The van der Waals surface area contributed by atoms with E-state index < -0.39 is 11.9 Å². The van der Waals surface area contributed by atoms with Crippen molar-refractivity contribution in [2.75, 3.05) is 25.1 Å². The lowest BCUT2D eigenvalue weighted by atomic mass is 9.97. The van der Waals surface area contributed by atoms with E-state index in [-0.39, 0.29) is 5.92 Å². The molecule has 1 saturated heterocycles. The number of piperidine rings is 1. The van der Waals surface area contributed by atoms with E-state index in [1.807, 2.05) is 4.90 Å². The number of halogens is 3. The van der Waals surface area contributed by atoms with Crippen molar-refractivity contribution in [1.82, 2.24) is 19.5 Å². The molecule has 3 rings (SSSR count). The summed E-state index contributed by atoms with van der Waals surface area (Å²) in [5.41, 5.74) is -0.852. The van der Waals surface area contributed by atoms with Crippen LogP contribution >= 0.6 is 0 Å². The molecule has 0 saturated carbocycles. The molecule has 1 aliphatic heterocycles. The van der Waals surface area contributed by atoms with E-state index in [0.29, 0.717) is 24.2 Å². The number of ether oxygens (including phenoxy) is 1. The van der Waals surface area contributed by atoms with E-state index in [4.69, 9.17) is 4.74 Å². The van der Waals surface area contributed by atoms with Crippen LogP contribution in [0.1, 0.15) is 30.3 Å². The van der Waals surface area contributed by atoms with E-state index in [1.54, 1.807) is 19.3 Å². The Hall–Kier alpha value is -2.32. The molecule has 0 amide bonds. The van der Waals surface area contributed by atoms with Crippen LogP contribution in [-0.4, -0.2) is 39.7 Å². The second kappa shape index (κ2) is 6.29. The predicted molar refractivity (Wildman–Crippen MR) is 81.0 cm³/mol. The first-order chi connectivity index (χ1) is 11.4. The molecule has 24 heavy (non-hydrogen) atoms. The van der Waals surface area contributed by atoms with E-state index in [9.17, 15) is 13.2 Å². The lowest BCUT2D eigenvalue weighted by molar-refractivity contribution is -0.141. The van der Waals surface area contributed by atoms with Crippen molar-refractivity contribution in [3.05, 3.63) is 30.0 Å². The van der Waals surface area contributed by atoms with Crippen LogP contribution in [0.2, 0.25) is 0 Å². The van der Waals surface area contributed by atoms with Crippen LogP contribution in [0, 0.1) is 0 Å². The minimum absolute atomic E-state index is 0.102. The zero-order valence-electron chi connectivity index (χ0n) is 13.4. The molecule has 1 fully saturated rings. The topological polar surface area (TPSA) is 56.1 Å². The van der Waals surface area contributed by atoms with Gasteiger partial charge in [0.1, 0.15) is 5.82 Å². The van der Waals surface area contributed by atoms with Gasteiger partial charge in [0.25, 0.3) is 0 Å². The maximum Gasteiger partial charge on any atom is 0.434 e. The number of methoxy groups -OCH3 is 1. The summed E-state index contributed by atoms with van der Waals surface area (Å²) in [6.45, 7) is 1.27. The van der Waals surface area contributed by atoms with Gasteiger partial charge in [-0.05, 0) is 12.8 Å². The Labute approximate surface area is 137 Å². The van der Waals surface area contributed by atoms with Crippen LogP contribution in [-0.2, 0) is 13.2 Å². The molecular weight excluding hydrogens is 323 g/mol. The number of aryl methyl sites for hydroxylation is 1. The molecule has 3 heterocycles. The number of nitrogens with zero attached hydrogens (tertiary/aromatic N) is 5. The van der Waals surface area contributed by atoms with Crippen LogP contribution in [0.3, 0.4) is 0 Å². The summed E-state index contributed by atoms with van der Waals surface area (Å²) in [7, 11) is 3.12. The Morgan fingerprint density at radius 1 is 1.29 bits per heavy atom. The van der Waals surface area contributed by atoms with Crippen LogP contribution < -0.4 is 9.64 Å². The standard InChI is InChI=1S/C15H18F3N5O/c1-22-9-11(15(16,17)18)20-13(22)10-4-3-7-23(8-10)14-19-6-5-12(21-14)24-2/h5-6,9-10H,3-4,7-8H2,1-2H3. The number of imidazole rings is 1. The van der Waals surface area contributed by atoms with Crippen LogP contribution in [0.5, 0.6) is 5.88 Å². The SMILES string of the molecule is COc1ccnc(N2CCCC(c3nc(C(F)(F)F)cn3C)C2)n1. The Balaban J connectivity index is 1.82. The summed E-state index contributed by atoms with van der Waals surface area (Å²) < 4.78 is 45.1. The van der Waals surface area contributed by atoms with Gasteiger partial charge in [0.15, 0.2) is 5.69 Å². The molecule has 0 N–H and O–H groups in total. The Morgan fingerprint density at radius 3 is 2.75 bits per heavy atom. The fourth-order valence-corrected chi connectivity index (χ4v) is 2.96. The first-order valence-electron chi connectivity index (χ1n) is 7.61. The molecule has 1 unspecified atom stereocenters. The fourth-order valence-electron chi connectivity index (χ4n) is 2.96. The second-order valence-electron chi connectivity index (χ2n) is 5.78. The van der Waals surface area contributed by atoms with Gasteiger partial charge in [-0.15, -0.1) is 0 Å². The average Bonchev–Trinajstić information content (AvgIpc) is 2.97. The van der Waals surface area contributed by atoms with Crippen molar-refractivity contribution < 1.29 is 17.9 Å². The summed E-state index contributed by atoms with van der Waals surface area (Å²) in [6.07, 6.45) is -0.175. The summed E-state index contributed by atoms with van der Waals surface area (Å²) in [6, 6.07) is 1.65. The van der Waals surface area contributed by atoms with Gasteiger partial charge in [0, 0.05) is 44.5 Å². The quantitative estimate of drug-likeness (QED) is 0.859. The normalized spacial score (nSPS) is 18.7. The maximum absolute atomic E-state index is 12.9. The average molecular weight is 341 g/mol. The van der Waals surface area contributed by atoms with Crippen molar-refractivity contribution >= 4 is 5.95 Å². The largest absolute Gasteiger partial charge is 0.481 e. The summed E-state index contributed by atoms with van der Waals surface area (Å²) in [4.78, 5) is 14.3. The Morgan fingerprint density at radius 2 is 2.08 bits per heavy atom. The Bertz CT molecular complexity index is 715. The zero-order valence-corrected chi connectivity index (χ0v) is 13.4. The number of anilines is 1. The molecule has 130 valence electrons. The van der Waals surface area contributed by atoms with Crippen LogP contribution in [0.4, 0.5) is 19.1 Å². The van der Waals surface area contributed by atoms with Gasteiger partial charge >= 0.3 is 6.18 Å². The van der Waals surface area contributed by atoms with Crippen molar-refractivity contribution in [3.8, 4) is 5.88 Å². The molecule has 1 atom stereocenters. The highest BCUT2D eigenvalue weighted by atomic mass is 19.4. The molecule has 0 radical (unpaired) electrons. The van der Waals surface area contributed by atoms with Gasteiger partial charge in [-0.2, -0.15) is 18.2 Å². The summed E-state index contributed by atoms with van der Waals surface area (Å²) in [5.74, 6) is 1.31. The van der Waals surface area contributed by atoms with Crippen molar-refractivity contribution in [3.63, 3.8) is 0 Å². The lowest BCUT2D eigenvalue weighted by Crippen LogP contribution is -2.36. The second-order valence-corrected chi connectivity index (χ2v) is 5.78. The van der Waals surface area contributed by atoms with Crippen LogP contribution in [0.15, 0.2) is 18.5 Å². The number of rotatable bonds is 3. The molecule has 0 spiro atoms. The van der Waals surface area contributed by atoms with E-state index in [1.165, 1.54) is 11.7 Å².